The number of benzene rings is 1. The summed E-state index contributed by atoms with van der Waals surface area (Å²) in [6, 6.07) is 4.69. The molecule has 0 aromatic heterocycles. The van der Waals surface area contributed by atoms with Crippen LogP contribution in [0.25, 0.3) is 0 Å². The molecule has 0 radical (unpaired) electrons. The molecule has 0 spiro atoms. The van der Waals surface area contributed by atoms with E-state index in [4.69, 9.17) is 5.11 Å². The summed E-state index contributed by atoms with van der Waals surface area (Å²) >= 11 is 0.390. The number of rotatable bonds is 8. The average Bonchev–Trinajstić information content (AvgIpc) is 2.43. The molecular formula is C14H17F2NO3S. The summed E-state index contributed by atoms with van der Waals surface area (Å²) in [6.07, 6.45) is 1.89. The van der Waals surface area contributed by atoms with E-state index in [9.17, 15) is 18.4 Å². The maximum Gasteiger partial charge on any atom is 0.326 e. The molecular weight excluding hydrogens is 300 g/mol. The summed E-state index contributed by atoms with van der Waals surface area (Å²) < 4.78 is 24.4. The lowest BCUT2D eigenvalue weighted by Crippen LogP contribution is -2.40. The highest BCUT2D eigenvalue weighted by Gasteiger charge is 2.20. The molecule has 1 amide bonds. The van der Waals surface area contributed by atoms with Crippen molar-refractivity contribution in [2.24, 2.45) is 0 Å². The molecule has 0 fully saturated rings. The lowest BCUT2D eigenvalue weighted by molar-refractivity contribution is -0.139. The number of carbonyl (C=O) groups is 2. The van der Waals surface area contributed by atoms with Crippen LogP contribution in [0.2, 0.25) is 0 Å². The zero-order chi connectivity index (χ0) is 15.8. The minimum atomic E-state index is -2.52. The first-order chi connectivity index (χ1) is 9.93. The first kappa shape index (κ1) is 17.4. The van der Waals surface area contributed by atoms with E-state index in [1.807, 2.05) is 6.92 Å². The van der Waals surface area contributed by atoms with Crippen molar-refractivity contribution in [3.63, 3.8) is 0 Å². The summed E-state index contributed by atoms with van der Waals surface area (Å²) in [5.41, 5.74) is 0.247. The van der Waals surface area contributed by atoms with E-state index in [1.54, 1.807) is 0 Å². The van der Waals surface area contributed by atoms with Gasteiger partial charge in [-0.3, -0.25) is 4.79 Å². The monoisotopic (exact) mass is 317 g/mol. The number of carboxylic acid groups (broad SMARTS) is 1. The summed E-state index contributed by atoms with van der Waals surface area (Å²) in [7, 11) is 0. The van der Waals surface area contributed by atoms with Crippen LogP contribution in [0.4, 0.5) is 8.78 Å². The minimum Gasteiger partial charge on any atom is -0.480 e. The van der Waals surface area contributed by atoms with E-state index in [-0.39, 0.29) is 5.56 Å². The highest BCUT2D eigenvalue weighted by Crippen LogP contribution is 2.25. The Bertz CT molecular complexity index is 480. The van der Waals surface area contributed by atoms with Gasteiger partial charge in [0, 0.05) is 10.5 Å². The molecule has 1 aromatic carbocycles. The molecule has 4 nitrogen and oxygen atoms in total. The van der Waals surface area contributed by atoms with E-state index in [2.05, 4.69) is 5.32 Å². The van der Waals surface area contributed by atoms with Gasteiger partial charge in [0.05, 0.1) is 0 Å². The van der Waals surface area contributed by atoms with Crippen LogP contribution < -0.4 is 5.32 Å². The molecule has 1 rings (SSSR count). The van der Waals surface area contributed by atoms with E-state index < -0.39 is 23.7 Å². The molecule has 116 valence electrons. The third-order valence-corrected chi connectivity index (χ3v) is 3.51. The molecule has 1 unspecified atom stereocenters. The van der Waals surface area contributed by atoms with Crippen molar-refractivity contribution >= 4 is 23.6 Å². The van der Waals surface area contributed by atoms with Crippen LogP contribution in [0.15, 0.2) is 29.2 Å². The number of carbonyl (C=O) groups excluding carboxylic acids is 1. The van der Waals surface area contributed by atoms with Gasteiger partial charge in [-0.2, -0.15) is 8.78 Å². The number of nitrogens with one attached hydrogen (secondary N) is 1. The van der Waals surface area contributed by atoms with Crippen molar-refractivity contribution in [2.45, 2.75) is 42.9 Å². The molecule has 0 saturated heterocycles. The van der Waals surface area contributed by atoms with Crippen molar-refractivity contribution in [3.8, 4) is 0 Å². The van der Waals surface area contributed by atoms with Crippen LogP contribution in [0.1, 0.15) is 36.5 Å². The van der Waals surface area contributed by atoms with Crippen LogP contribution in [-0.2, 0) is 4.79 Å². The van der Waals surface area contributed by atoms with Crippen LogP contribution >= 0.6 is 11.8 Å². The van der Waals surface area contributed by atoms with E-state index in [0.717, 1.165) is 6.42 Å². The molecule has 0 aliphatic heterocycles. The average molecular weight is 317 g/mol. The molecule has 0 aliphatic rings. The molecule has 7 heteroatoms. The van der Waals surface area contributed by atoms with Gasteiger partial charge < -0.3 is 10.4 Å². The van der Waals surface area contributed by atoms with Crippen molar-refractivity contribution in [3.05, 3.63) is 29.8 Å². The summed E-state index contributed by atoms with van der Waals surface area (Å²) in [6.45, 7) is 1.93. The second-order valence-corrected chi connectivity index (χ2v) is 5.47. The number of halogens is 2. The number of hydrogen-bond donors (Lipinski definition) is 2. The zero-order valence-corrected chi connectivity index (χ0v) is 12.3. The molecule has 21 heavy (non-hydrogen) atoms. The molecule has 1 aromatic rings. The largest absolute Gasteiger partial charge is 0.480 e. The predicted molar refractivity (Wildman–Crippen MR) is 76.7 cm³/mol. The maximum atomic E-state index is 12.2. The van der Waals surface area contributed by atoms with Gasteiger partial charge in [0.25, 0.3) is 11.7 Å². The first-order valence-corrected chi connectivity index (χ1v) is 7.40. The van der Waals surface area contributed by atoms with E-state index >= 15 is 0 Å². The summed E-state index contributed by atoms with van der Waals surface area (Å²) in [5.74, 6) is -4.12. The van der Waals surface area contributed by atoms with E-state index in [0.29, 0.717) is 29.5 Å². The molecule has 2 N–H and O–H groups in total. The Labute approximate surface area is 125 Å². The van der Waals surface area contributed by atoms with Gasteiger partial charge in [-0.1, -0.05) is 31.5 Å². The van der Waals surface area contributed by atoms with Crippen LogP contribution in [0.3, 0.4) is 0 Å². The summed E-state index contributed by atoms with van der Waals surface area (Å²) in [5, 5.41) is 11.5. The lowest BCUT2D eigenvalue weighted by atomic mass is 10.1. The van der Waals surface area contributed by atoms with Gasteiger partial charge >= 0.3 is 5.97 Å². The van der Waals surface area contributed by atoms with Crippen LogP contribution in [0, 0.1) is 0 Å². The van der Waals surface area contributed by atoms with Gasteiger partial charge in [0.1, 0.15) is 6.04 Å². The molecule has 0 aliphatic carbocycles. The van der Waals surface area contributed by atoms with Gasteiger partial charge in [-0.15, -0.1) is 0 Å². The number of amides is 1. The Kier molecular flexibility index (Phi) is 7.14. The number of thioether (sulfide) groups is 1. The Hall–Kier alpha value is -1.63. The number of carboxylic acids is 1. The van der Waals surface area contributed by atoms with Crippen molar-refractivity contribution < 1.29 is 23.5 Å². The quantitative estimate of drug-likeness (QED) is 0.721. The summed E-state index contributed by atoms with van der Waals surface area (Å²) in [4.78, 5) is 23.3. The Morgan fingerprint density at radius 2 is 1.90 bits per heavy atom. The Morgan fingerprint density at radius 1 is 1.29 bits per heavy atom. The normalized spacial score (nSPS) is 12.2. The predicted octanol–water partition coefficient (Wildman–Crippen LogP) is 3.37. The zero-order valence-electron chi connectivity index (χ0n) is 11.5. The van der Waals surface area contributed by atoms with Crippen LogP contribution in [-0.4, -0.2) is 28.8 Å². The standard InChI is InChI=1S/C14H17F2NO3S/c1-2-3-4-11(13(19)20)17-12(18)9-5-7-10(8-6-9)21-14(15)16/h5-8,11,14H,2-4H2,1H3,(H,17,18)(H,19,20). The van der Waals surface area contributed by atoms with Crippen molar-refractivity contribution in [1.29, 1.82) is 0 Å². The third-order valence-electron chi connectivity index (χ3n) is 2.79. The van der Waals surface area contributed by atoms with Crippen molar-refractivity contribution in [1.82, 2.24) is 5.32 Å². The number of alkyl halides is 2. The second kappa shape index (κ2) is 8.61. The fourth-order valence-corrected chi connectivity index (χ4v) is 2.19. The number of hydrogen-bond acceptors (Lipinski definition) is 3. The number of unbranched alkanes of at least 4 members (excludes halogenated alkanes) is 1. The number of aliphatic carboxylic acids is 1. The van der Waals surface area contributed by atoms with Gasteiger partial charge in [0.15, 0.2) is 0 Å². The Morgan fingerprint density at radius 3 is 2.38 bits per heavy atom. The maximum absolute atomic E-state index is 12.2. The SMILES string of the molecule is CCCCC(NC(=O)c1ccc(SC(F)F)cc1)C(=O)O. The Balaban J connectivity index is 2.67. The second-order valence-electron chi connectivity index (χ2n) is 4.41. The minimum absolute atomic E-state index is 0.247. The molecule has 0 saturated carbocycles. The van der Waals surface area contributed by atoms with Crippen LogP contribution in [0.5, 0.6) is 0 Å². The fraction of sp³-hybridized carbons (Fsp3) is 0.429. The third kappa shape index (κ3) is 6.12. The molecule has 1 atom stereocenters. The highest BCUT2D eigenvalue weighted by atomic mass is 32.2. The van der Waals surface area contributed by atoms with E-state index in [1.165, 1.54) is 24.3 Å². The molecule has 0 heterocycles. The molecule has 0 bridgehead atoms. The topological polar surface area (TPSA) is 66.4 Å². The fourth-order valence-electron chi connectivity index (χ4n) is 1.69. The first-order valence-electron chi connectivity index (χ1n) is 6.52. The van der Waals surface area contributed by atoms with Gasteiger partial charge in [-0.25, -0.2) is 4.79 Å². The smallest absolute Gasteiger partial charge is 0.326 e. The van der Waals surface area contributed by atoms with Crippen molar-refractivity contribution in [2.75, 3.05) is 0 Å². The highest BCUT2D eigenvalue weighted by molar-refractivity contribution is 7.99. The lowest BCUT2D eigenvalue weighted by Gasteiger charge is -2.14. The van der Waals surface area contributed by atoms with Gasteiger partial charge in [-0.05, 0) is 30.7 Å². The van der Waals surface area contributed by atoms with Gasteiger partial charge in [0.2, 0.25) is 0 Å².